The molecule has 1 fully saturated rings. The first kappa shape index (κ1) is 52.7. The molecule has 2 unspecified atom stereocenters. The number of rotatable bonds is 40. The summed E-state index contributed by atoms with van der Waals surface area (Å²) in [6.07, 6.45) is 31.0. The van der Waals surface area contributed by atoms with E-state index in [4.69, 9.17) is 18.9 Å². The molecule has 1 saturated heterocycles. The maximum absolute atomic E-state index is 12.8. The molecule has 1 aliphatic rings. The molecule has 1 rings (SSSR count). The minimum atomic E-state index is -1.59. The van der Waals surface area contributed by atoms with Gasteiger partial charge in [-0.3, -0.25) is 9.59 Å². The number of unbranched alkanes of at least 4 members (excludes halogenated alkanes) is 29. The third-order valence-corrected chi connectivity index (χ3v) is 11.2. The highest BCUT2D eigenvalue weighted by atomic mass is 16.7. The van der Waals surface area contributed by atoms with Crippen molar-refractivity contribution in [3.63, 3.8) is 0 Å². The van der Waals surface area contributed by atoms with Crippen LogP contribution in [0.1, 0.15) is 226 Å². The molecule has 0 bridgehead atoms. The molecule has 0 saturated carbocycles. The first-order valence-electron chi connectivity index (χ1n) is 23.6. The number of esters is 2. The summed E-state index contributed by atoms with van der Waals surface area (Å²) in [5.74, 6) is -0.789. The summed E-state index contributed by atoms with van der Waals surface area (Å²) in [6, 6.07) is 0. The van der Waals surface area contributed by atoms with Crippen LogP contribution in [0.5, 0.6) is 0 Å². The monoisotopic (exact) mass is 801 g/mol. The SMILES string of the molecule is CCCCCCCCCCCCCCCCCCCC(=O)O[C@H](COC(=O)CCCCCCCCCCCCCCCC)CO[C@@H]1O[C@H](CO)[C@H](O)C(O)C1O. The maximum Gasteiger partial charge on any atom is 0.306 e. The van der Waals surface area contributed by atoms with Gasteiger partial charge < -0.3 is 39.4 Å². The summed E-state index contributed by atoms with van der Waals surface area (Å²) >= 11 is 0. The fourth-order valence-corrected chi connectivity index (χ4v) is 7.48. The Morgan fingerprint density at radius 1 is 0.482 bits per heavy atom. The second-order valence-electron chi connectivity index (χ2n) is 16.6. The van der Waals surface area contributed by atoms with Gasteiger partial charge in [-0.15, -0.1) is 0 Å². The van der Waals surface area contributed by atoms with Gasteiger partial charge in [0.2, 0.25) is 0 Å². The van der Waals surface area contributed by atoms with Crippen LogP contribution >= 0.6 is 0 Å². The first-order valence-corrected chi connectivity index (χ1v) is 23.6. The average Bonchev–Trinajstić information content (AvgIpc) is 3.19. The molecule has 6 atom stereocenters. The van der Waals surface area contributed by atoms with Crippen molar-refractivity contribution in [2.75, 3.05) is 19.8 Å². The van der Waals surface area contributed by atoms with Gasteiger partial charge >= 0.3 is 11.9 Å². The summed E-state index contributed by atoms with van der Waals surface area (Å²) < 4.78 is 22.2. The van der Waals surface area contributed by atoms with Crippen LogP contribution in [0.3, 0.4) is 0 Å². The van der Waals surface area contributed by atoms with Crippen molar-refractivity contribution < 1.29 is 49.0 Å². The molecular formula is C46H88O10. The fourth-order valence-electron chi connectivity index (χ4n) is 7.48. The Morgan fingerprint density at radius 3 is 1.21 bits per heavy atom. The lowest BCUT2D eigenvalue weighted by Crippen LogP contribution is -2.59. The fraction of sp³-hybridized carbons (Fsp3) is 0.957. The second-order valence-corrected chi connectivity index (χ2v) is 16.6. The minimum absolute atomic E-state index is 0.209. The molecule has 0 aliphatic carbocycles. The van der Waals surface area contributed by atoms with Crippen LogP contribution in [0.4, 0.5) is 0 Å². The highest BCUT2D eigenvalue weighted by Crippen LogP contribution is 2.23. The van der Waals surface area contributed by atoms with E-state index in [0.717, 1.165) is 38.5 Å². The van der Waals surface area contributed by atoms with E-state index >= 15 is 0 Å². The van der Waals surface area contributed by atoms with Crippen molar-refractivity contribution in [2.24, 2.45) is 0 Å². The normalized spacial score (nSPS) is 20.3. The number of carbonyl (C=O) groups is 2. The van der Waals surface area contributed by atoms with Gasteiger partial charge in [-0.2, -0.15) is 0 Å². The quantitative estimate of drug-likeness (QED) is 0.0348. The van der Waals surface area contributed by atoms with Gasteiger partial charge in [0.15, 0.2) is 12.4 Å². The molecule has 0 aromatic carbocycles. The number of carbonyl (C=O) groups excluding carboxylic acids is 2. The van der Waals surface area contributed by atoms with Crippen LogP contribution in [0.25, 0.3) is 0 Å². The zero-order valence-electron chi connectivity index (χ0n) is 36.2. The molecule has 0 amide bonds. The van der Waals surface area contributed by atoms with E-state index in [1.54, 1.807) is 0 Å². The van der Waals surface area contributed by atoms with Crippen LogP contribution in [0.2, 0.25) is 0 Å². The molecule has 1 heterocycles. The number of ether oxygens (including phenoxy) is 4. The van der Waals surface area contributed by atoms with E-state index in [2.05, 4.69) is 13.8 Å². The van der Waals surface area contributed by atoms with E-state index in [9.17, 15) is 30.0 Å². The molecule has 10 heteroatoms. The van der Waals surface area contributed by atoms with E-state index in [0.29, 0.717) is 6.42 Å². The largest absolute Gasteiger partial charge is 0.462 e. The van der Waals surface area contributed by atoms with Gasteiger partial charge in [0.1, 0.15) is 31.0 Å². The van der Waals surface area contributed by atoms with Crippen LogP contribution in [-0.2, 0) is 28.5 Å². The third-order valence-electron chi connectivity index (χ3n) is 11.2. The lowest BCUT2D eigenvalue weighted by Gasteiger charge is -2.39. The van der Waals surface area contributed by atoms with Crippen molar-refractivity contribution in [3.05, 3.63) is 0 Å². The lowest BCUT2D eigenvalue weighted by atomic mass is 9.99. The van der Waals surface area contributed by atoms with Crippen molar-refractivity contribution in [1.29, 1.82) is 0 Å². The van der Waals surface area contributed by atoms with Gasteiger partial charge in [-0.1, -0.05) is 200 Å². The predicted octanol–water partition coefficient (Wildman–Crippen LogP) is 10.2. The van der Waals surface area contributed by atoms with Gasteiger partial charge in [-0.25, -0.2) is 0 Å². The summed E-state index contributed by atoms with van der Waals surface area (Å²) in [5.41, 5.74) is 0. The summed E-state index contributed by atoms with van der Waals surface area (Å²) in [7, 11) is 0. The minimum Gasteiger partial charge on any atom is -0.462 e. The Bertz CT molecular complexity index is 886. The lowest BCUT2D eigenvalue weighted by molar-refractivity contribution is -0.305. The molecule has 0 aromatic rings. The molecule has 0 aromatic heterocycles. The summed E-state index contributed by atoms with van der Waals surface area (Å²) in [5, 5.41) is 40.1. The second kappa shape index (κ2) is 37.9. The number of hydrogen-bond acceptors (Lipinski definition) is 10. The first-order chi connectivity index (χ1) is 27.3. The Kier molecular flexibility index (Phi) is 35.7. The van der Waals surface area contributed by atoms with Crippen molar-refractivity contribution in [2.45, 2.75) is 263 Å². The van der Waals surface area contributed by atoms with Gasteiger partial charge in [-0.05, 0) is 12.8 Å². The number of aliphatic hydroxyl groups is 4. The highest BCUT2D eigenvalue weighted by Gasteiger charge is 2.44. The molecule has 1 aliphatic heterocycles. The molecule has 56 heavy (non-hydrogen) atoms. The van der Waals surface area contributed by atoms with E-state index in [1.165, 1.54) is 154 Å². The van der Waals surface area contributed by atoms with Crippen molar-refractivity contribution in [3.8, 4) is 0 Å². The Hall–Kier alpha value is -1.30. The smallest absolute Gasteiger partial charge is 0.306 e. The Labute approximate surface area is 342 Å². The van der Waals surface area contributed by atoms with Crippen LogP contribution in [-0.4, -0.2) is 89.0 Å². The maximum atomic E-state index is 12.8. The van der Waals surface area contributed by atoms with Gasteiger partial charge in [0.25, 0.3) is 0 Å². The van der Waals surface area contributed by atoms with E-state index in [-0.39, 0.29) is 32.0 Å². The number of hydrogen-bond donors (Lipinski definition) is 4. The van der Waals surface area contributed by atoms with E-state index in [1.807, 2.05) is 0 Å². The highest BCUT2D eigenvalue weighted by molar-refractivity contribution is 5.70. The number of aliphatic hydroxyl groups excluding tert-OH is 4. The van der Waals surface area contributed by atoms with Crippen molar-refractivity contribution >= 4 is 11.9 Å². The zero-order chi connectivity index (χ0) is 40.9. The Balaban J connectivity index is 2.29. The van der Waals surface area contributed by atoms with Crippen LogP contribution in [0.15, 0.2) is 0 Å². The molecule has 10 nitrogen and oxygen atoms in total. The van der Waals surface area contributed by atoms with Gasteiger partial charge in [0.05, 0.1) is 13.2 Å². The summed E-state index contributed by atoms with van der Waals surface area (Å²) in [4.78, 5) is 25.3. The zero-order valence-corrected chi connectivity index (χ0v) is 36.2. The van der Waals surface area contributed by atoms with Crippen molar-refractivity contribution in [1.82, 2.24) is 0 Å². The molecule has 4 N–H and O–H groups in total. The molecule has 0 spiro atoms. The van der Waals surface area contributed by atoms with Gasteiger partial charge in [0, 0.05) is 12.8 Å². The predicted molar refractivity (Wildman–Crippen MR) is 224 cm³/mol. The van der Waals surface area contributed by atoms with E-state index < -0.39 is 49.4 Å². The Morgan fingerprint density at radius 2 is 0.839 bits per heavy atom. The molecular weight excluding hydrogens is 712 g/mol. The average molecular weight is 801 g/mol. The third kappa shape index (κ3) is 29.0. The van der Waals surface area contributed by atoms with Crippen LogP contribution in [0, 0.1) is 0 Å². The molecule has 0 radical (unpaired) electrons. The topological polar surface area (TPSA) is 152 Å². The standard InChI is InChI=1S/C46H88O10/c1-3-5-7-9-11-13-15-17-19-20-21-23-25-27-29-31-33-35-42(49)55-39(38-54-46-45(52)44(51)43(50)40(36-47)56-46)37-53-41(48)34-32-30-28-26-24-22-18-16-14-12-10-8-6-4-2/h39-40,43-47,50-52H,3-38H2,1-2H3/t39-,40-,43+,44?,45?,46-/m1/s1. The van der Waals surface area contributed by atoms with Crippen LogP contribution < -0.4 is 0 Å². The summed E-state index contributed by atoms with van der Waals surface area (Å²) in [6.45, 7) is 3.46. The molecule has 332 valence electrons.